The van der Waals surface area contributed by atoms with Crippen molar-refractivity contribution >= 4 is 11.8 Å². The van der Waals surface area contributed by atoms with Gasteiger partial charge in [-0.05, 0) is 48.8 Å². The first-order valence-corrected chi connectivity index (χ1v) is 12.4. The number of benzene rings is 1. The molecule has 2 saturated heterocycles. The zero-order valence-electron chi connectivity index (χ0n) is 19.6. The van der Waals surface area contributed by atoms with Crippen molar-refractivity contribution in [2.45, 2.75) is 45.1 Å². The number of aryl methyl sites for hydroxylation is 1. The van der Waals surface area contributed by atoms with Crippen LogP contribution in [0.15, 0.2) is 54.9 Å². The van der Waals surface area contributed by atoms with Gasteiger partial charge in [-0.25, -0.2) is 0 Å². The lowest BCUT2D eigenvalue weighted by atomic mass is 9.92. The first-order valence-electron chi connectivity index (χ1n) is 12.4. The molecule has 0 spiro atoms. The topological polar surface area (TPSA) is 56.8 Å². The predicted molar refractivity (Wildman–Crippen MR) is 129 cm³/mol. The highest BCUT2D eigenvalue weighted by Gasteiger charge is 2.26. The molecule has 2 fully saturated rings. The lowest BCUT2D eigenvalue weighted by Gasteiger charge is -2.36. The van der Waals surface area contributed by atoms with E-state index in [9.17, 15) is 9.59 Å². The normalized spacial score (nSPS) is 19.5. The van der Waals surface area contributed by atoms with Gasteiger partial charge in [0.1, 0.15) is 0 Å². The lowest BCUT2D eigenvalue weighted by molar-refractivity contribution is -0.134. The SMILES string of the molecule is O=C(CC[C@H]1CCCN(C(=O)CCc2cccnc2)C1)N1CCN(Cc2ccccc2)CC1. The van der Waals surface area contributed by atoms with Gasteiger partial charge >= 0.3 is 0 Å². The Morgan fingerprint density at radius 1 is 0.848 bits per heavy atom. The summed E-state index contributed by atoms with van der Waals surface area (Å²) in [4.78, 5) is 36.1. The highest BCUT2D eigenvalue weighted by Crippen LogP contribution is 2.23. The minimum absolute atomic E-state index is 0.226. The molecule has 0 saturated carbocycles. The van der Waals surface area contributed by atoms with E-state index in [1.807, 2.05) is 34.2 Å². The monoisotopic (exact) mass is 448 g/mol. The Bertz CT molecular complexity index is 882. The molecule has 176 valence electrons. The van der Waals surface area contributed by atoms with Crippen LogP contribution in [0.2, 0.25) is 0 Å². The molecule has 1 aromatic heterocycles. The highest BCUT2D eigenvalue weighted by molar-refractivity contribution is 5.77. The van der Waals surface area contributed by atoms with Crippen molar-refractivity contribution in [2.75, 3.05) is 39.3 Å². The maximum absolute atomic E-state index is 12.8. The van der Waals surface area contributed by atoms with E-state index in [0.29, 0.717) is 18.8 Å². The molecule has 0 bridgehead atoms. The molecule has 2 aliphatic heterocycles. The summed E-state index contributed by atoms with van der Waals surface area (Å²) in [6, 6.07) is 14.5. The van der Waals surface area contributed by atoms with Crippen LogP contribution in [-0.4, -0.2) is 70.8 Å². The number of carbonyl (C=O) groups excluding carboxylic acids is 2. The van der Waals surface area contributed by atoms with Gasteiger partial charge in [0.05, 0.1) is 0 Å². The molecule has 4 rings (SSSR count). The average Bonchev–Trinajstić information content (AvgIpc) is 2.88. The standard InChI is InChI=1S/C27H36N4O2/c32-26(30-18-16-29(17-19-30)21-24-6-2-1-3-7-24)13-11-25-9-5-15-31(22-25)27(33)12-10-23-8-4-14-28-20-23/h1-4,6-8,14,20,25H,5,9-13,15-19,21-22H2/t25-/m1/s1. The second-order valence-corrected chi connectivity index (χ2v) is 9.39. The maximum Gasteiger partial charge on any atom is 0.222 e. The first kappa shape index (κ1) is 23.4. The molecule has 33 heavy (non-hydrogen) atoms. The molecule has 2 amide bonds. The fourth-order valence-corrected chi connectivity index (χ4v) is 4.97. The van der Waals surface area contributed by atoms with Gasteiger partial charge < -0.3 is 9.80 Å². The maximum atomic E-state index is 12.8. The van der Waals surface area contributed by atoms with Crippen molar-refractivity contribution < 1.29 is 9.59 Å². The van der Waals surface area contributed by atoms with Gasteiger partial charge in [0.2, 0.25) is 11.8 Å². The van der Waals surface area contributed by atoms with Gasteiger partial charge in [-0.1, -0.05) is 36.4 Å². The van der Waals surface area contributed by atoms with Crippen molar-refractivity contribution in [1.29, 1.82) is 0 Å². The van der Waals surface area contributed by atoms with Crippen molar-refractivity contribution in [2.24, 2.45) is 5.92 Å². The number of piperidine rings is 1. The quantitative estimate of drug-likeness (QED) is 0.621. The van der Waals surface area contributed by atoms with Crippen LogP contribution in [0.3, 0.4) is 0 Å². The van der Waals surface area contributed by atoms with Crippen LogP contribution in [0, 0.1) is 5.92 Å². The van der Waals surface area contributed by atoms with Gasteiger partial charge in [-0.15, -0.1) is 0 Å². The number of hydrogen-bond acceptors (Lipinski definition) is 4. The molecule has 0 unspecified atom stereocenters. The Hall–Kier alpha value is -2.73. The summed E-state index contributed by atoms with van der Waals surface area (Å²) >= 11 is 0. The number of aromatic nitrogens is 1. The van der Waals surface area contributed by atoms with Crippen molar-refractivity contribution in [3.8, 4) is 0 Å². The Kier molecular flexibility index (Phi) is 8.47. The first-order chi connectivity index (χ1) is 16.2. The van der Waals surface area contributed by atoms with Crippen molar-refractivity contribution in [3.05, 3.63) is 66.0 Å². The molecule has 0 radical (unpaired) electrons. The van der Waals surface area contributed by atoms with E-state index in [-0.39, 0.29) is 11.8 Å². The predicted octanol–water partition coefficient (Wildman–Crippen LogP) is 3.38. The van der Waals surface area contributed by atoms with E-state index in [4.69, 9.17) is 0 Å². The Morgan fingerprint density at radius 2 is 1.61 bits per heavy atom. The van der Waals surface area contributed by atoms with Gasteiger partial charge in [0.25, 0.3) is 0 Å². The summed E-state index contributed by atoms with van der Waals surface area (Å²) in [6.45, 7) is 6.09. The summed E-state index contributed by atoms with van der Waals surface area (Å²) in [5, 5.41) is 0. The third-order valence-corrected chi connectivity index (χ3v) is 6.96. The van der Waals surface area contributed by atoms with E-state index in [1.165, 1.54) is 5.56 Å². The van der Waals surface area contributed by atoms with Crippen LogP contribution in [0.5, 0.6) is 0 Å². The van der Waals surface area contributed by atoms with Gasteiger partial charge in [-0.3, -0.25) is 19.5 Å². The number of nitrogens with zero attached hydrogens (tertiary/aromatic N) is 4. The molecular weight excluding hydrogens is 412 g/mol. The largest absolute Gasteiger partial charge is 0.342 e. The van der Waals surface area contributed by atoms with E-state index < -0.39 is 0 Å². The second-order valence-electron chi connectivity index (χ2n) is 9.39. The van der Waals surface area contributed by atoms with Gasteiger partial charge in [-0.2, -0.15) is 0 Å². The number of carbonyl (C=O) groups is 2. The molecule has 0 aliphatic carbocycles. The fourth-order valence-electron chi connectivity index (χ4n) is 4.97. The van der Waals surface area contributed by atoms with Gasteiger partial charge in [0.15, 0.2) is 0 Å². The summed E-state index contributed by atoms with van der Waals surface area (Å²) < 4.78 is 0. The van der Waals surface area contributed by atoms with Crippen LogP contribution < -0.4 is 0 Å². The molecule has 1 aromatic carbocycles. The molecule has 2 aromatic rings. The van der Waals surface area contributed by atoms with Crippen LogP contribution in [0.25, 0.3) is 0 Å². The molecule has 3 heterocycles. The second kappa shape index (κ2) is 11.9. The molecule has 6 nitrogen and oxygen atoms in total. The number of amides is 2. The van der Waals surface area contributed by atoms with E-state index >= 15 is 0 Å². The Labute approximate surface area is 197 Å². The summed E-state index contributed by atoms with van der Waals surface area (Å²) in [7, 11) is 0. The van der Waals surface area contributed by atoms with Crippen LogP contribution in [0.1, 0.15) is 43.2 Å². The van der Waals surface area contributed by atoms with Gasteiger partial charge in [0, 0.05) is 71.0 Å². The fraction of sp³-hybridized carbons (Fsp3) is 0.519. The zero-order chi connectivity index (χ0) is 22.9. The summed E-state index contributed by atoms with van der Waals surface area (Å²) in [5.41, 5.74) is 2.43. The van der Waals surface area contributed by atoms with Crippen LogP contribution >= 0.6 is 0 Å². The minimum Gasteiger partial charge on any atom is -0.342 e. The van der Waals surface area contributed by atoms with E-state index in [0.717, 1.165) is 77.1 Å². The van der Waals surface area contributed by atoms with E-state index in [1.54, 1.807) is 6.20 Å². The van der Waals surface area contributed by atoms with Crippen LogP contribution in [-0.2, 0) is 22.6 Å². The number of rotatable bonds is 8. The molecule has 1 atom stereocenters. The van der Waals surface area contributed by atoms with Crippen molar-refractivity contribution in [3.63, 3.8) is 0 Å². The Morgan fingerprint density at radius 3 is 2.36 bits per heavy atom. The third kappa shape index (κ3) is 7.13. The lowest BCUT2D eigenvalue weighted by Crippen LogP contribution is -2.48. The zero-order valence-corrected chi connectivity index (χ0v) is 19.6. The number of hydrogen-bond donors (Lipinski definition) is 0. The minimum atomic E-state index is 0.226. The highest BCUT2D eigenvalue weighted by atomic mass is 16.2. The summed E-state index contributed by atoms with van der Waals surface area (Å²) in [5.74, 6) is 0.934. The Balaban J connectivity index is 1.15. The molecule has 6 heteroatoms. The third-order valence-electron chi connectivity index (χ3n) is 6.96. The number of likely N-dealkylation sites (tertiary alicyclic amines) is 1. The average molecular weight is 449 g/mol. The van der Waals surface area contributed by atoms with E-state index in [2.05, 4.69) is 34.1 Å². The van der Waals surface area contributed by atoms with Crippen LogP contribution in [0.4, 0.5) is 0 Å². The number of piperazine rings is 1. The molecule has 0 N–H and O–H groups in total. The van der Waals surface area contributed by atoms with Crippen molar-refractivity contribution in [1.82, 2.24) is 19.7 Å². The number of pyridine rings is 1. The smallest absolute Gasteiger partial charge is 0.222 e. The summed E-state index contributed by atoms with van der Waals surface area (Å²) in [6.07, 6.45) is 8.50. The molecule has 2 aliphatic rings. The molecular formula is C27H36N4O2.